The number of methoxy groups -OCH3 is 1. The number of aryl methyl sites for hydroxylation is 1. The minimum atomic E-state index is -0.653. The van der Waals surface area contributed by atoms with E-state index in [1.807, 2.05) is 18.2 Å². The lowest BCUT2D eigenvalue weighted by Crippen LogP contribution is -2.21. The number of carbonyl (C=O) groups is 2. The summed E-state index contributed by atoms with van der Waals surface area (Å²) in [6, 6.07) is 20.6. The fourth-order valence-electron chi connectivity index (χ4n) is 2.85. The largest absolute Gasteiger partial charge is 0.497 e. The lowest BCUT2D eigenvalue weighted by molar-refractivity contribution is -0.141. The number of carbonyl (C=O) groups excluding carboxylic acids is 2. The van der Waals surface area contributed by atoms with Crippen LogP contribution in [0.2, 0.25) is 0 Å². The predicted octanol–water partition coefficient (Wildman–Crippen LogP) is 4.87. The first-order valence-corrected chi connectivity index (χ1v) is 9.60. The quantitative estimate of drug-likeness (QED) is 0.337. The molecule has 0 fully saturated rings. The van der Waals surface area contributed by atoms with Crippen molar-refractivity contribution in [1.82, 2.24) is 0 Å². The maximum atomic E-state index is 13.6. The van der Waals surface area contributed by atoms with Crippen molar-refractivity contribution < 1.29 is 23.5 Å². The van der Waals surface area contributed by atoms with Gasteiger partial charge in [0.25, 0.3) is 5.91 Å². The van der Waals surface area contributed by atoms with E-state index in [0.717, 1.165) is 5.56 Å². The van der Waals surface area contributed by atoms with Crippen molar-refractivity contribution >= 4 is 29.2 Å². The third-order valence-electron chi connectivity index (χ3n) is 4.50. The second kappa shape index (κ2) is 10.2. The van der Waals surface area contributed by atoms with E-state index in [0.29, 0.717) is 28.1 Å². The summed E-state index contributed by atoms with van der Waals surface area (Å²) in [5.74, 6) is -0.994. The van der Waals surface area contributed by atoms with Crippen LogP contribution >= 0.6 is 0 Å². The summed E-state index contributed by atoms with van der Waals surface area (Å²) in [5.41, 5.74) is 2.45. The van der Waals surface area contributed by atoms with Crippen molar-refractivity contribution in [2.45, 2.75) is 6.92 Å². The van der Waals surface area contributed by atoms with Crippen LogP contribution in [0.4, 0.5) is 10.1 Å². The van der Waals surface area contributed by atoms with E-state index >= 15 is 0 Å². The van der Waals surface area contributed by atoms with Crippen molar-refractivity contribution in [3.8, 4) is 5.75 Å². The molecular formula is C25H22FNO4. The van der Waals surface area contributed by atoms with Gasteiger partial charge in [-0.2, -0.15) is 0 Å². The van der Waals surface area contributed by atoms with Crippen LogP contribution in [0.1, 0.15) is 16.7 Å². The van der Waals surface area contributed by atoms with Gasteiger partial charge in [-0.25, -0.2) is 9.18 Å². The molecular weight excluding hydrogens is 397 g/mol. The lowest BCUT2D eigenvalue weighted by atomic mass is 10.0. The van der Waals surface area contributed by atoms with Crippen molar-refractivity contribution in [2.75, 3.05) is 19.0 Å². The van der Waals surface area contributed by atoms with Crippen LogP contribution in [-0.4, -0.2) is 25.6 Å². The fraction of sp³-hybridized carbons (Fsp3) is 0.120. The van der Waals surface area contributed by atoms with Gasteiger partial charge in [-0.3, -0.25) is 4.79 Å². The smallest absolute Gasteiger partial charge is 0.339 e. The zero-order valence-corrected chi connectivity index (χ0v) is 17.2. The van der Waals surface area contributed by atoms with Gasteiger partial charge in [0.05, 0.1) is 12.7 Å². The molecule has 1 amide bonds. The van der Waals surface area contributed by atoms with Crippen LogP contribution in [0.15, 0.2) is 72.8 Å². The Morgan fingerprint density at radius 1 is 1.00 bits per heavy atom. The Hall–Kier alpha value is -3.93. The van der Waals surface area contributed by atoms with Gasteiger partial charge < -0.3 is 14.8 Å². The summed E-state index contributed by atoms with van der Waals surface area (Å²) in [7, 11) is 1.56. The zero-order valence-electron chi connectivity index (χ0n) is 17.2. The molecule has 0 aliphatic carbocycles. The fourth-order valence-corrected chi connectivity index (χ4v) is 2.85. The van der Waals surface area contributed by atoms with Gasteiger partial charge in [0.2, 0.25) is 0 Å². The number of nitrogens with one attached hydrogen (secondary N) is 1. The van der Waals surface area contributed by atoms with Gasteiger partial charge in [0.15, 0.2) is 6.61 Å². The monoisotopic (exact) mass is 419 g/mol. The Kier molecular flexibility index (Phi) is 7.17. The van der Waals surface area contributed by atoms with Gasteiger partial charge in [-0.1, -0.05) is 48.5 Å². The summed E-state index contributed by atoms with van der Waals surface area (Å²) in [6.07, 6.45) is 1.67. The Bertz CT molecular complexity index is 1110. The molecule has 3 aromatic rings. The average molecular weight is 419 g/mol. The van der Waals surface area contributed by atoms with Crippen LogP contribution in [0.5, 0.6) is 5.75 Å². The van der Waals surface area contributed by atoms with E-state index in [4.69, 9.17) is 9.47 Å². The van der Waals surface area contributed by atoms with Gasteiger partial charge in [-0.15, -0.1) is 0 Å². The lowest BCUT2D eigenvalue weighted by Gasteiger charge is -2.10. The molecule has 0 heterocycles. The van der Waals surface area contributed by atoms with Crippen LogP contribution in [0.3, 0.4) is 0 Å². The maximum Gasteiger partial charge on any atom is 0.339 e. The summed E-state index contributed by atoms with van der Waals surface area (Å²) < 4.78 is 24.1. The highest BCUT2D eigenvalue weighted by atomic mass is 19.1. The summed E-state index contributed by atoms with van der Waals surface area (Å²) >= 11 is 0. The maximum absolute atomic E-state index is 13.6. The molecule has 0 saturated heterocycles. The molecule has 1 N–H and O–H groups in total. The molecule has 0 spiro atoms. The topological polar surface area (TPSA) is 64.6 Å². The predicted molar refractivity (Wildman–Crippen MR) is 118 cm³/mol. The van der Waals surface area contributed by atoms with E-state index in [9.17, 15) is 14.0 Å². The van der Waals surface area contributed by atoms with Gasteiger partial charge >= 0.3 is 5.97 Å². The number of benzene rings is 3. The number of halogens is 1. The second-order valence-electron chi connectivity index (χ2n) is 6.79. The van der Waals surface area contributed by atoms with Crippen molar-refractivity contribution in [3.63, 3.8) is 0 Å². The molecule has 158 valence electrons. The summed E-state index contributed by atoms with van der Waals surface area (Å²) in [4.78, 5) is 25.0. The van der Waals surface area contributed by atoms with Crippen molar-refractivity contribution in [3.05, 3.63) is 95.3 Å². The summed E-state index contributed by atoms with van der Waals surface area (Å²) in [5, 5.41) is 2.52. The standard InChI is InChI=1S/C25H22FNO4/c1-17-11-12-20(15-23(17)26)27-24(28)16-31-25(29)22(19-8-4-3-5-9-19)14-18-7-6-10-21(13-18)30-2/h3-15H,16H2,1-2H3,(H,27,28)/b22-14+. The third-order valence-corrected chi connectivity index (χ3v) is 4.50. The molecule has 0 aromatic heterocycles. The number of rotatable bonds is 7. The van der Waals surface area contributed by atoms with Gasteiger partial charge in [-0.05, 0) is 54.0 Å². The minimum Gasteiger partial charge on any atom is -0.497 e. The van der Waals surface area contributed by atoms with E-state index < -0.39 is 24.3 Å². The normalized spacial score (nSPS) is 11.0. The molecule has 3 aromatic carbocycles. The number of hydrogen-bond donors (Lipinski definition) is 1. The van der Waals surface area contributed by atoms with Crippen molar-refractivity contribution in [1.29, 1.82) is 0 Å². The van der Waals surface area contributed by atoms with Crippen LogP contribution in [0, 0.1) is 12.7 Å². The molecule has 0 aliphatic rings. The van der Waals surface area contributed by atoms with Crippen LogP contribution < -0.4 is 10.1 Å². The van der Waals surface area contributed by atoms with E-state index in [1.165, 1.54) is 6.07 Å². The molecule has 5 nitrogen and oxygen atoms in total. The van der Waals surface area contributed by atoms with Crippen molar-refractivity contribution in [2.24, 2.45) is 0 Å². The first kappa shape index (κ1) is 21.8. The Morgan fingerprint density at radius 3 is 2.48 bits per heavy atom. The second-order valence-corrected chi connectivity index (χ2v) is 6.79. The van der Waals surface area contributed by atoms with Crippen LogP contribution in [-0.2, 0) is 14.3 Å². The highest BCUT2D eigenvalue weighted by Gasteiger charge is 2.16. The van der Waals surface area contributed by atoms with E-state index in [1.54, 1.807) is 68.6 Å². The molecule has 0 bridgehead atoms. The highest BCUT2D eigenvalue weighted by Crippen LogP contribution is 2.22. The highest BCUT2D eigenvalue weighted by molar-refractivity contribution is 6.22. The first-order chi connectivity index (χ1) is 15.0. The molecule has 0 aliphatic heterocycles. The van der Waals surface area contributed by atoms with E-state index in [2.05, 4.69) is 5.32 Å². The molecule has 6 heteroatoms. The molecule has 0 saturated carbocycles. The van der Waals surface area contributed by atoms with E-state index in [-0.39, 0.29) is 0 Å². The SMILES string of the molecule is COc1cccc(/C=C(/C(=O)OCC(=O)Nc2ccc(C)c(F)c2)c2ccccc2)c1. The third kappa shape index (κ3) is 6.02. The molecule has 0 radical (unpaired) electrons. The molecule has 0 atom stereocenters. The number of ether oxygens (including phenoxy) is 2. The Balaban J connectivity index is 1.74. The number of anilines is 1. The summed E-state index contributed by atoms with van der Waals surface area (Å²) in [6.45, 7) is 1.12. The number of hydrogen-bond acceptors (Lipinski definition) is 4. The molecule has 0 unspecified atom stereocenters. The first-order valence-electron chi connectivity index (χ1n) is 9.60. The average Bonchev–Trinajstić information content (AvgIpc) is 2.79. The van der Waals surface area contributed by atoms with Gasteiger partial charge in [0.1, 0.15) is 11.6 Å². The molecule has 3 rings (SSSR count). The minimum absolute atomic E-state index is 0.291. The van der Waals surface area contributed by atoms with Gasteiger partial charge in [0, 0.05) is 5.69 Å². The van der Waals surface area contributed by atoms with Crippen LogP contribution in [0.25, 0.3) is 11.6 Å². The molecule has 31 heavy (non-hydrogen) atoms. The number of amides is 1. The number of esters is 1. The Morgan fingerprint density at radius 2 is 1.77 bits per heavy atom. The Labute approximate surface area is 180 Å². The zero-order chi connectivity index (χ0) is 22.2.